The van der Waals surface area contributed by atoms with Crippen LogP contribution < -0.4 is 0 Å². The van der Waals surface area contributed by atoms with Gasteiger partial charge in [0.25, 0.3) is 0 Å². The Labute approximate surface area is 147 Å². The number of rotatable bonds is 5. The zero-order valence-electron chi connectivity index (χ0n) is 13.9. The number of nitrogens with zero attached hydrogens (tertiary/aromatic N) is 2. The number of aromatic nitrogens is 1. The topological polar surface area (TPSA) is 87.6 Å². The molecule has 1 N–H and O–H groups in total. The summed E-state index contributed by atoms with van der Waals surface area (Å²) in [6.45, 7) is 1.09. The Bertz CT molecular complexity index is 895. The molecule has 1 aliphatic heterocycles. The molecule has 132 valence electrons. The maximum Gasteiger partial charge on any atom is 0.335 e. The molecule has 1 fully saturated rings. The van der Waals surface area contributed by atoms with Crippen LogP contribution in [0.1, 0.15) is 22.5 Å². The van der Waals surface area contributed by atoms with Gasteiger partial charge >= 0.3 is 5.97 Å². The lowest BCUT2D eigenvalue weighted by molar-refractivity contribution is 0.0697. The lowest BCUT2D eigenvalue weighted by Gasteiger charge is -2.13. The monoisotopic (exact) mass is 360 g/mol. The second-order valence-electron chi connectivity index (χ2n) is 6.38. The molecule has 7 heteroatoms. The fourth-order valence-corrected chi connectivity index (χ4v) is 4.04. The van der Waals surface area contributed by atoms with E-state index in [1.807, 2.05) is 24.3 Å². The van der Waals surface area contributed by atoms with E-state index in [9.17, 15) is 13.2 Å². The van der Waals surface area contributed by atoms with Gasteiger partial charge in [0.2, 0.25) is 10.0 Å². The first kappa shape index (κ1) is 17.6. The summed E-state index contributed by atoms with van der Waals surface area (Å²) in [5, 5.41) is 9.12. The Morgan fingerprint density at radius 2 is 2.04 bits per heavy atom. The molecule has 0 aliphatic carbocycles. The molecule has 1 aromatic heterocycles. The van der Waals surface area contributed by atoms with Gasteiger partial charge in [0, 0.05) is 24.3 Å². The van der Waals surface area contributed by atoms with E-state index in [2.05, 4.69) is 4.98 Å². The standard InChI is InChI=1S/C18H20N2O4S/c1-25(23,24)20-9-8-13(12-20)10-16-6-3-7-17(19-16)14-4-2-5-15(11-14)18(21)22/h2-7,11,13H,8-10,12H2,1H3,(H,21,22)/t13-/m1/s1. The number of carbonyl (C=O) groups is 1. The van der Waals surface area contributed by atoms with Gasteiger partial charge in [0.15, 0.2) is 0 Å². The minimum atomic E-state index is -3.13. The van der Waals surface area contributed by atoms with Gasteiger partial charge in [-0.2, -0.15) is 0 Å². The van der Waals surface area contributed by atoms with E-state index in [1.165, 1.54) is 10.6 Å². The third-order valence-electron chi connectivity index (χ3n) is 4.43. The number of carboxylic acids is 1. The molecule has 1 saturated heterocycles. The van der Waals surface area contributed by atoms with Gasteiger partial charge in [-0.3, -0.25) is 4.98 Å². The first-order valence-electron chi connectivity index (χ1n) is 8.08. The van der Waals surface area contributed by atoms with E-state index in [0.717, 1.165) is 23.4 Å². The number of hydrogen-bond acceptors (Lipinski definition) is 4. The van der Waals surface area contributed by atoms with E-state index in [4.69, 9.17) is 5.11 Å². The van der Waals surface area contributed by atoms with Crippen LogP contribution in [-0.4, -0.2) is 48.1 Å². The maximum atomic E-state index is 11.6. The first-order chi connectivity index (χ1) is 11.8. The van der Waals surface area contributed by atoms with Crippen LogP contribution in [0.15, 0.2) is 42.5 Å². The van der Waals surface area contributed by atoms with Crippen LogP contribution in [-0.2, 0) is 16.4 Å². The fraction of sp³-hybridized carbons (Fsp3) is 0.333. The number of carboxylic acid groups (broad SMARTS) is 1. The van der Waals surface area contributed by atoms with Gasteiger partial charge < -0.3 is 5.11 Å². The number of sulfonamides is 1. The van der Waals surface area contributed by atoms with Crippen molar-refractivity contribution >= 4 is 16.0 Å². The predicted molar refractivity (Wildman–Crippen MR) is 94.9 cm³/mol. The van der Waals surface area contributed by atoms with E-state index in [-0.39, 0.29) is 11.5 Å². The Kier molecular flexibility index (Phi) is 4.87. The fourth-order valence-electron chi connectivity index (χ4n) is 3.13. The van der Waals surface area contributed by atoms with Crippen LogP contribution in [0.2, 0.25) is 0 Å². The van der Waals surface area contributed by atoms with Crippen LogP contribution in [0.25, 0.3) is 11.3 Å². The molecule has 2 aromatic rings. The summed E-state index contributed by atoms with van der Waals surface area (Å²) in [5.41, 5.74) is 2.59. The van der Waals surface area contributed by atoms with Crippen molar-refractivity contribution in [2.75, 3.05) is 19.3 Å². The van der Waals surface area contributed by atoms with Crippen molar-refractivity contribution in [2.24, 2.45) is 5.92 Å². The molecule has 1 aromatic carbocycles. The van der Waals surface area contributed by atoms with Crippen molar-refractivity contribution in [3.05, 3.63) is 53.7 Å². The van der Waals surface area contributed by atoms with E-state index >= 15 is 0 Å². The van der Waals surface area contributed by atoms with Gasteiger partial charge in [-0.25, -0.2) is 17.5 Å². The molecule has 0 spiro atoms. The van der Waals surface area contributed by atoms with Crippen LogP contribution in [0.5, 0.6) is 0 Å². The zero-order chi connectivity index (χ0) is 18.0. The smallest absolute Gasteiger partial charge is 0.335 e. The molecule has 0 saturated carbocycles. The molecular weight excluding hydrogens is 340 g/mol. The van der Waals surface area contributed by atoms with Crippen molar-refractivity contribution in [1.29, 1.82) is 0 Å². The number of aromatic carboxylic acids is 1. The molecule has 3 rings (SSSR count). The number of benzene rings is 1. The van der Waals surface area contributed by atoms with Crippen molar-refractivity contribution < 1.29 is 18.3 Å². The highest BCUT2D eigenvalue weighted by molar-refractivity contribution is 7.88. The molecule has 2 heterocycles. The third-order valence-corrected chi connectivity index (χ3v) is 5.70. The lowest BCUT2D eigenvalue weighted by Crippen LogP contribution is -2.27. The van der Waals surface area contributed by atoms with E-state index in [1.54, 1.807) is 18.2 Å². The van der Waals surface area contributed by atoms with Crippen molar-refractivity contribution in [2.45, 2.75) is 12.8 Å². The van der Waals surface area contributed by atoms with Crippen molar-refractivity contribution in [3.63, 3.8) is 0 Å². The Balaban J connectivity index is 1.77. The second-order valence-corrected chi connectivity index (χ2v) is 8.36. The molecule has 0 radical (unpaired) electrons. The minimum absolute atomic E-state index is 0.226. The highest BCUT2D eigenvalue weighted by atomic mass is 32.2. The average molecular weight is 360 g/mol. The summed E-state index contributed by atoms with van der Waals surface area (Å²) in [6, 6.07) is 12.4. The summed E-state index contributed by atoms with van der Waals surface area (Å²) < 4.78 is 24.8. The summed E-state index contributed by atoms with van der Waals surface area (Å²) in [6.07, 6.45) is 2.77. The SMILES string of the molecule is CS(=O)(=O)N1CC[C@H](Cc2cccc(-c3cccc(C(=O)O)c3)n2)C1. The quantitative estimate of drug-likeness (QED) is 0.884. The van der Waals surface area contributed by atoms with Crippen LogP contribution >= 0.6 is 0 Å². The number of hydrogen-bond donors (Lipinski definition) is 1. The molecule has 1 atom stereocenters. The van der Waals surface area contributed by atoms with Crippen LogP contribution in [0.4, 0.5) is 0 Å². The number of pyridine rings is 1. The van der Waals surface area contributed by atoms with E-state index < -0.39 is 16.0 Å². The Hall–Kier alpha value is -2.25. The highest BCUT2D eigenvalue weighted by Gasteiger charge is 2.28. The molecule has 1 aliphatic rings. The Morgan fingerprint density at radius 3 is 2.72 bits per heavy atom. The molecule has 0 amide bonds. The van der Waals surface area contributed by atoms with Crippen molar-refractivity contribution in [1.82, 2.24) is 9.29 Å². The van der Waals surface area contributed by atoms with Gasteiger partial charge in [0.1, 0.15) is 0 Å². The van der Waals surface area contributed by atoms with E-state index in [0.29, 0.717) is 19.5 Å². The molecule has 0 unspecified atom stereocenters. The minimum Gasteiger partial charge on any atom is -0.478 e. The molecule has 25 heavy (non-hydrogen) atoms. The van der Waals surface area contributed by atoms with Gasteiger partial charge in [-0.1, -0.05) is 18.2 Å². The first-order valence-corrected chi connectivity index (χ1v) is 9.92. The summed E-state index contributed by atoms with van der Waals surface area (Å²) >= 11 is 0. The predicted octanol–water partition coefficient (Wildman–Crippen LogP) is 2.27. The van der Waals surface area contributed by atoms with Crippen LogP contribution in [0.3, 0.4) is 0 Å². The molecular formula is C18H20N2O4S. The van der Waals surface area contributed by atoms with Gasteiger partial charge in [-0.05, 0) is 43.0 Å². The lowest BCUT2D eigenvalue weighted by atomic mass is 10.0. The summed E-state index contributed by atoms with van der Waals surface area (Å²) in [4.78, 5) is 15.8. The van der Waals surface area contributed by atoms with Gasteiger partial charge in [0.05, 0.1) is 17.5 Å². The normalized spacial score (nSPS) is 18.4. The van der Waals surface area contributed by atoms with Crippen LogP contribution in [0, 0.1) is 5.92 Å². The van der Waals surface area contributed by atoms with Crippen molar-refractivity contribution in [3.8, 4) is 11.3 Å². The third kappa shape index (κ3) is 4.24. The largest absolute Gasteiger partial charge is 0.478 e. The molecule has 6 nitrogen and oxygen atoms in total. The summed E-state index contributed by atoms with van der Waals surface area (Å²) in [7, 11) is -3.13. The molecule has 0 bridgehead atoms. The zero-order valence-corrected chi connectivity index (χ0v) is 14.7. The summed E-state index contributed by atoms with van der Waals surface area (Å²) in [5.74, 6) is -0.715. The van der Waals surface area contributed by atoms with Gasteiger partial charge in [-0.15, -0.1) is 0 Å². The highest BCUT2D eigenvalue weighted by Crippen LogP contribution is 2.24. The average Bonchev–Trinajstić information content (AvgIpc) is 3.04. The second kappa shape index (κ2) is 6.93. The maximum absolute atomic E-state index is 11.6. The Morgan fingerprint density at radius 1 is 1.28 bits per heavy atom.